The van der Waals surface area contributed by atoms with Crippen molar-refractivity contribution in [2.24, 2.45) is 11.8 Å². The number of hydrogen-bond acceptors (Lipinski definition) is 3. The molecule has 3 nitrogen and oxygen atoms in total. The lowest BCUT2D eigenvalue weighted by atomic mass is 9.89. The Morgan fingerprint density at radius 1 is 1.16 bits per heavy atom. The molecule has 1 aliphatic heterocycles. The molecule has 1 aromatic carbocycles. The van der Waals surface area contributed by atoms with Gasteiger partial charge in [-0.05, 0) is 48.6 Å². The van der Waals surface area contributed by atoms with Gasteiger partial charge in [-0.3, -0.25) is 0 Å². The Bertz CT molecular complexity index is 594. The van der Waals surface area contributed by atoms with Gasteiger partial charge in [0.15, 0.2) is 0 Å². The van der Waals surface area contributed by atoms with Crippen LogP contribution in [0.4, 0.5) is 11.5 Å². The third kappa shape index (κ3) is 2.37. The minimum absolute atomic E-state index is 0.734. The van der Waals surface area contributed by atoms with E-state index in [9.17, 15) is 0 Å². The fourth-order valence-corrected chi connectivity index (χ4v) is 2.78. The van der Waals surface area contributed by atoms with Gasteiger partial charge in [0.05, 0.1) is 5.52 Å². The Morgan fingerprint density at radius 3 is 2.79 bits per heavy atom. The number of benzene rings is 1. The van der Waals surface area contributed by atoms with Crippen LogP contribution in [0.25, 0.3) is 10.9 Å². The third-order valence-electron chi connectivity index (χ3n) is 4.36. The molecular formula is C16H21N3. The Morgan fingerprint density at radius 2 is 2.00 bits per heavy atom. The molecule has 2 atom stereocenters. The van der Waals surface area contributed by atoms with Gasteiger partial charge < -0.3 is 10.6 Å². The number of piperidine rings is 1. The highest BCUT2D eigenvalue weighted by molar-refractivity contribution is 5.83. The maximum atomic E-state index is 5.80. The standard InChI is InChI=1S/C16H21N3/c1-11-7-8-19(10-12(11)2)16-6-3-13-9-14(17)4-5-15(13)18-16/h3-6,9,11-12H,7-8,10,17H2,1-2H3. The quantitative estimate of drug-likeness (QED) is 0.795. The van der Waals surface area contributed by atoms with Crippen molar-refractivity contribution in [1.82, 2.24) is 4.98 Å². The summed E-state index contributed by atoms with van der Waals surface area (Å²) < 4.78 is 0. The average Bonchev–Trinajstić information content (AvgIpc) is 2.41. The van der Waals surface area contributed by atoms with Gasteiger partial charge in [-0.1, -0.05) is 13.8 Å². The van der Waals surface area contributed by atoms with Crippen molar-refractivity contribution in [1.29, 1.82) is 0 Å². The average molecular weight is 255 g/mol. The molecule has 2 N–H and O–H groups in total. The molecule has 2 aromatic rings. The molecule has 2 unspecified atom stereocenters. The zero-order valence-electron chi connectivity index (χ0n) is 11.6. The Kier molecular flexibility index (Phi) is 3.05. The monoisotopic (exact) mass is 255 g/mol. The number of nitrogen functional groups attached to an aromatic ring is 1. The maximum absolute atomic E-state index is 5.80. The van der Waals surface area contributed by atoms with E-state index in [1.807, 2.05) is 18.2 Å². The summed E-state index contributed by atoms with van der Waals surface area (Å²) in [6.45, 7) is 6.89. The van der Waals surface area contributed by atoms with Crippen molar-refractivity contribution < 1.29 is 0 Å². The highest BCUT2D eigenvalue weighted by Gasteiger charge is 2.23. The Balaban J connectivity index is 1.91. The van der Waals surface area contributed by atoms with Crippen molar-refractivity contribution in [3.8, 4) is 0 Å². The van der Waals surface area contributed by atoms with Gasteiger partial charge in [0.2, 0.25) is 0 Å². The summed E-state index contributed by atoms with van der Waals surface area (Å²) in [7, 11) is 0. The first-order chi connectivity index (χ1) is 9.13. The summed E-state index contributed by atoms with van der Waals surface area (Å²) in [6, 6.07) is 10.1. The summed E-state index contributed by atoms with van der Waals surface area (Å²) in [6.07, 6.45) is 1.25. The molecule has 1 aromatic heterocycles. The molecule has 0 saturated carbocycles. The number of nitrogens with zero attached hydrogens (tertiary/aromatic N) is 2. The molecule has 0 bridgehead atoms. The highest BCUT2D eigenvalue weighted by Crippen LogP contribution is 2.27. The van der Waals surface area contributed by atoms with Crippen LogP contribution in [-0.2, 0) is 0 Å². The molecular weight excluding hydrogens is 234 g/mol. The lowest BCUT2D eigenvalue weighted by Crippen LogP contribution is -2.38. The fraction of sp³-hybridized carbons (Fsp3) is 0.438. The summed E-state index contributed by atoms with van der Waals surface area (Å²) in [5, 5.41) is 1.11. The third-order valence-corrected chi connectivity index (χ3v) is 4.36. The van der Waals surface area contributed by atoms with Gasteiger partial charge in [-0.2, -0.15) is 0 Å². The number of pyridine rings is 1. The van der Waals surface area contributed by atoms with E-state index < -0.39 is 0 Å². The van der Waals surface area contributed by atoms with E-state index in [4.69, 9.17) is 10.7 Å². The molecule has 2 heterocycles. The second kappa shape index (κ2) is 4.72. The van der Waals surface area contributed by atoms with Crippen molar-refractivity contribution in [3.05, 3.63) is 30.3 Å². The van der Waals surface area contributed by atoms with Gasteiger partial charge in [-0.15, -0.1) is 0 Å². The smallest absolute Gasteiger partial charge is 0.129 e. The Labute approximate surface area is 114 Å². The summed E-state index contributed by atoms with van der Waals surface area (Å²) in [5.74, 6) is 2.64. The molecule has 3 heteroatoms. The van der Waals surface area contributed by atoms with Crippen LogP contribution >= 0.6 is 0 Å². The lowest BCUT2D eigenvalue weighted by molar-refractivity contribution is 0.323. The van der Waals surface area contributed by atoms with Crippen LogP contribution in [-0.4, -0.2) is 18.1 Å². The zero-order valence-corrected chi connectivity index (χ0v) is 11.6. The largest absolute Gasteiger partial charge is 0.399 e. The van der Waals surface area contributed by atoms with Crippen LogP contribution in [0.5, 0.6) is 0 Å². The van der Waals surface area contributed by atoms with Crippen molar-refractivity contribution in [2.45, 2.75) is 20.3 Å². The molecule has 1 saturated heterocycles. The second-order valence-corrected chi connectivity index (χ2v) is 5.81. The fourth-order valence-electron chi connectivity index (χ4n) is 2.78. The zero-order chi connectivity index (χ0) is 13.4. The number of aromatic nitrogens is 1. The summed E-state index contributed by atoms with van der Waals surface area (Å²) >= 11 is 0. The van der Waals surface area contributed by atoms with Crippen LogP contribution < -0.4 is 10.6 Å². The van der Waals surface area contributed by atoms with E-state index in [0.29, 0.717) is 0 Å². The number of fused-ring (bicyclic) bond motifs is 1. The van der Waals surface area contributed by atoms with E-state index in [1.54, 1.807) is 0 Å². The Hall–Kier alpha value is -1.77. The van der Waals surface area contributed by atoms with Gasteiger partial charge in [0.1, 0.15) is 5.82 Å². The van der Waals surface area contributed by atoms with Crippen LogP contribution in [0.2, 0.25) is 0 Å². The first-order valence-electron chi connectivity index (χ1n) is 7.05. The van der Waals surface area contributed by atoms with Crippen molar-refractivity contribution >= 4 is 22.4 Å². The van der Waals surface area contributed by atoms with Gasteiger partial charge >= 0.3 is 0 Å². The molecule has 19 heavy (non-hydrogen) atoms. The van der Waals surface area contributed by atoms with Crippen molar-refractivity contribution in [2.75, 3.05) is 23.7 Å². The maximum Gasteiger partial charge on any atom is 0.129 e. The minimum atomic E-state index is 0.734. The first-order valence-corrected chi connectivity index (χ1v) is 7.05. The molecule has 0 aliphatic carbocycles. The molecule has 0 spiro atoms. The van der Waals surface area contributed by atoms with E-state index >= 15 is 0 Å². The highest BCUT2D eigenvalue weighted by atomic mass is 15.2. The van der Waals surface area contributed by atoms with E-state index in [1.165, 1.54) is 6.42 Å². The molecule has 1 fully saturated rings. The minimum Gasteiger partial charge on any atom is -0.399 e. The topological polar surface area (TPSA) is 42.1 Å². The number of hydrogen-bond donors (Lipinski definition) is 1. The second-order valence-electron chi connectivity index (χ2n) is 5.81. The predicted octanol–water partition coefficient (Wildman–Crippen LogP) is 3.30. The number of rotatable bonds is 1. The van der Waals surface area contributed by atoms with E-state index in [0.717, 1.165) is 47.3 Å². The summed E-state index contributed by atoms with van der Waals surface area (Å²) in [5.41, 5.74) is 7.62. The van der Waals surface area contributed by atoms with Crippen LogP contribution in [0, 0.1) is 11.8 Å². The summed E-state index contributed by atoms with van der Waals surface area (Å²) in [4.78, 5) is 7.17. The van der Waals surface area contributed by atoms with E-state index in [2.05, 4.69) is 30.9 Å². The lowest BCUT2D eigenvalue weighted by Gasteiger charge is -2.36. The first kappa shape index (κ1) is 12.3. The SMILES string of the molecule is CC1CCN(c2ccc3cc(N)ccc3n2)CC1C. The van der Waals surface area contributed by atoms with Gasteiger partial charge in [0.25, 0.3) is 0 Å². The molecule has 0 amide bonds. The number of anilines is 2. The van der Waals surface area contributed by atoms with Gasteiger partial charge in [-0.25, -0.2) is 4.98 Å². The van der Waals surface area contributed by atoms with Crippen LogP contribution in [0.1, 0.15) is 20.3 Å². The van der Waals surface area contributed by atoms with Crippen molar-refractivity contribution in [3.63, 3.8) is 0 Å². The molecule has 3 rings (SSSR count). The number of nitrogens with two attached hydrogens (primary N) is 1. The predicted molar refractivity (Wildman–Crippen MR) is 81.3 cm³/mol. The molecule has 100 valence electrons. The van der Waals surface area contributed by atoms with E-state index in [-0.39, 0.29) is 0 Å². The normalized spacial score (nSPS) is 23.8. The molecule has 1 aliphatic rings. The van der Waals surface area contributed by atoms with Gasteiger partial charge in [0, 0.05) is 24.2 Å². The van der Waals surface area contributed by atoms with Crippen LogP contribution in [0.3, 0.4) is 0 Å². The van der Waals surface area contributed by atoms with Crippen LogP contribution in [0.15, 0.2) is 30.3 Å². The molecule has 0 radical (unpaired) electrons.